The van der Waals surface area contributed by atoms with Crippen molar-refractivity contribution in [2.75, 3.05) is 34.8 Å². The third-order valence-corrected chi connectivity index (χ3v) is 4.32. The summed E-state index contributed by atoms with van der Waals surface area (Å²) in [7, 11) is 7.22. The Hall–Kier alpha value is -2.31. The van der Waals surface area contributed by atoms with Gasteiger partial charge in [-0.1, -0.05) is 23.7 Å². The van der Waals surface area contributed by atoms with Gasteiger partial charge in [-0.15, -0.1) is 0 Å². The molecule has 0 aliphatic rings. The molecule has 0 radical (unpaired) electrons. The molecular formula is C20H24ClFN2O3. The van der Waals surface area contributed by atoms with E-state index in [0.29, 0.717) is 24.5 Å². The zero-order valence-corrected chi connectivity index (χ0v) is 16.7. The number of carbonyl (C=O) groups is 1. The van der Waals surface area contributed by atoms with Crippen molar-refractivity contribution >= 4 is 17.7 Å². The van der Waals surface area contributed by atoms with Crippen LogP contribution in [0, 0.1) is 5.82 Å². The zero-order valence-electron chi connectivity index (χ0n) is 15.9. The van der Waals surface area contributed by atoms with Gasteiger partial charge < -0.3 is 19.3 Å². The van der Waals surface area contributed by atoms with E-state index < -0.39 is 11.9 Å². The van der Waals surface area contributed by atoms with Crippen LogP contribution < -0.4 is 9.47 Å². The smallest absolute Gasteiger partial charge is 0.414 e. The fourth-order valence-electron chi connectivity index (χ4n) is 2.53. The molecule has 2 rings (SSSR count). The lowest BCUT2D eigenvalue weighted by molar-refractivity contribution is 0.172. The Morgan fingerprint density at radius 3 is 2.26 bits per heavy atom. The number of benzene rings is 2. The molecule has 7 heteroatoms. The van der Waals surface area contributed by atoms with Crippen LogP contribution >= 0.6 is 11.6 Å². The third-order valence-electron chi connectivity index (χ3n) is 4.01. The van der Waals surface area contributed by atoms with Gasteiger partial charge in [0.2, 0.25) is 0 Å². The average Bonchev–Trinajstić information content (AvgIpc) is 2.62. The van der Waals surface area contributed by atoms with Crippen molar-refractivity contribution in [1.29, 1.82) is 0 Å². The molecule has 0 saturated heterocycles. The number of nitrogens with zero attached hydrogens (tertiary/aromatic N) is 2. The van der Waals surface area contributed by atoms with Crippen LogP contribution in [-0.2, 0) is 0 Å². The largest absolute Gasteiger partial charge is 0.493 e. The molecule has 0 aromatic heterocycles. The van der Waals surface area contributed by atoms with Crippen molar-refractivity contribution in [3.8, 4) is 11.5 Å². The average molecular weight is 395 g/mol. The van der Waals surface area contributed by atoms with Gasteiger partial charge in [-0.05, 0) is 43.9 Å². The Labute approximate surface area is 164 Å². The van der Waals surface area contributed by atoms with Crippen molar-refractivity contribution in [2.45, 2.75) is 12.5 Å². The van der Waals surface area contributed by atoms with Crippen LogP contribution in [0.15, 0.2) is 42.5 Å². The normalized spacial score (nSPS) is 12.0. The first-order valence-electron chi connectivity index (χ1n) is 8.51. The lowest BCUT2D eigenvalue weighted by Crippen LogP contribution is -2.25. The number of amides is 1. The van der Waals surface area contributed by atoms with Crippen molar-refractivity contribution in [3.63, 3.8) is 0 Å². The lowest BCUT2D eigenvalue weighted by Gasteiger charge is -2.25. The highest BCUT2D eigenvalue weighted by Gasteiger charge is 2.15. The van der Waals surface area contributed by atoms with E-state index in [1.54, 1.807) is 32.3 Å². The van der Waals surface area contributed by atoms with E-state index in [0.717, 1.165) is 5.56 Å². The molecule has 1 unspecified atom stereocenters. The highest BCUT2D eigenvalue weighted by atomic mass is 35.5. The van der Waals surface area contributed by atoms with E-state index in [2.05, 4.69) is 4.90 Å². The second-order valence-electron chi connectivity index (χ2n) is 6.52. The number of ether oxygens (including phenoxy) is 2. The summed E-state index contributed by atoms with van der Waals surface area (Å²) in [6.45, 7) is 0.418. The van der Waals surface area contributed by atoms with E-state index in [4.69, 9.17) is 21.1 Å². The topological polar surface area (TPSA) is 42.0 Å². The van der Waals surface area contributed by atoms with Gasteiger partial charge in [-0.2, -0.15) is 0 Å². The Balaban J connectivity index is 1.97. The summed E-state index contributed by atoms with van der Waals surface area (Å²) in [6, 6.07) is 11.9. The SMILES string of the molecule is CN(C)C(=O)Oc1ccc(C(CCOc2ccc(Cl)c(F)c2)N(C)C)cc1. The molecule has 1 atom stereocenters. The standard InChI is InChI=1S/C20H24ClFN2O3/c1-23(2)19(11-12-26-16-9-10-17(21)18(22)13-16)14-5-7-15(8-6-14)27-20(25)24(3)4/h5-10,13,19H,11-12H2,1-4H3. The molecule has 146 valence electrons. The van der Waals surface area contributed by atoms with E-state index in [1.807, 2.05) is 26.2 Å². The number of carbonyl (C=O) groups excluding carboxylic acids is 1. The molecule has 0 saturated carbocycles. The number of hydrogen-bond donors (Lipinski definition) is 0. The van der Waals surface area contributed by atoms with Crippen LogP contribution in [0.4, 0.5) is 9.18 Å². The summed E-state index contributed by atoms with van der Waals surface area (Å²) >= 11 is 5.68. The van der Waals surface area contributed by atoms with Crippen LogP contribution in [0.1, 0.15) is 18.0 Å². The van der Waals surface area contributed by atoms with Crippen molar-refractivity contribution < 1.29 is 18.7 Å². The lowest BCUT2D eigenvalue weighted by atomic mass is 10.0. The van der Waals surface area contributed by atoms with Gasteiger partial charge >= 0.3 is 6.09 Å². The van der Waals surface area contributed by atoms with Gasteiger partial charge in [0.25, 0.3) is 0 Å². The van der Waals surface area contributed by atoms with Gasteiger partial charge in [0.15, 0.2) is 0 Å². The van der Waals surface area contributed by atoms with Gasteiger partial charge in [-0.25, -0.2) is 9.18 Å². The highest BCUT2D eigenvalue weighted by Crippen LogP contribution is 2.26. The second-order valence-corrected chi connectivity index (χ2v) is 6.93. The molecule has 0 N–H and O–H groups in total. The molecule has 0 aliphatic carbocycles. The fourth-order valence-corrected chi connectivity index (χ4v) is 2.65. The summed E-state index contributed by atoms with van der Waals surface area (Å²) in [5.74, 6) is 0.435. The highest BCUT2D eigenvalue weighted by molar-refractivity contribution is 6.30. The summed E-state index contributed by atoms with van der Waals surface area (Å²) in [5, 5.41) is 0.0728. The maximum Gasteiger partial charge on any atom is 0.414 e. The van der Waals surface area contributed by atoms with E-state index in [9.17, 15) is 9.18 Å². The van der Waals surface area contributed by atoms with Crippen molar-refractivity contribution in [1.82, 2.24) is 9.80 Å². The molecule has 1 amide bonds. The predicted octanol–water partition coefficient (Wildman–Crippen LogP) is 4.61. The molecule has 0 spiro atoms. The van der Waals surface area contributed by atoms with E-state index in [-0.39, 0.29) is 11.1 Å². The number of halogens is 2. The Bertz CT molecular complexity index is 766. The van der Waals surface area contributed by atoms with Crippen LogP contribution in [0.25, 0.3) is 0 Å². The van der Waals surface area contributed by atoms with Crippen LogP contribution in [0.3, 0.4) is 0 Å². The van der Waals surface area contributed by atoms with Crippen LogP contribution in [-0.4, -0.2) is 50.7 Å². The molecule has 2 aromatic carbocycles. The molecule has 5 nitrogen and oxygen atoms in total. The first kappa shape index (κ1) is 21.0. The van der Waals surface area contributed by atoms with Crippen LogP contribution in [0.5, 0.6) is 11.5 Å². The first-order chi connectivity index (χ1) is 12.8. The summed E-state index contributed by atoms with van der Waals surface area (Å²) in [6.07, 6.45) is 0.282. The van der Waals surface area contributed by atoms with Crippen molar-refractivity contribution in [2.24, 2.45) is 0 Å². The molecule has 0 bridgehead atoms. The first-order valence-corrected chi connectivity index (χ1v) is 8.89. The minimum atomic E-state index is -0.499. The van der Waals surface area contributed by atoms with Crippen molar-refractivity contribution in [3.05, 3.63) is 58.9 Å². The zero-order chi connectivity index (χ0) is 20.0. The summed E-state index contributed by atoms with van der Waals surface area (Å²) < 4.78 is 24.4. The third kappa shape index (κ3) is 6.12. The molecule has 0 aliphatic heterocycles. The van der Waals surface area contributed by atoms with Gasteiger partial charge in [-0.3, -0.25) is 0 Å². The van der Waals surface area contributed by atoms with Crippen LogP contribution in [0.2, 0.25) is 5.02 Å². The molecule has 27 heavy (non-hydrogen) atoms. The minimum absolute atomic E-state index is 0.0728. The Kier molecular flexibility index (Phi) is 7.45. The Morgan fingerprint density at radius 2 is 1.70 bits per heavy atom. The monoisotopic (exact) mass is 394 g/mol. The maximum atomic E-state index is 13.5. The quantitative estimate of drug-likeness (QED) is 0.687. The minimum Gasteiger partial charge on any atom is -0.493 e. The number of rotatable bonds is 7. The molecule has 2 aromatic rings. The van der Waals surface area contributed by atoms with Gasteiger partial charge in [0, 0.05) is 32.6 Å². The molecule has 0 heterocycles. The summed E-state index contributed by atoms with van der Waals surface area (Å²) in [5.41, 5.74) is 1.07. The number of hydrogen-bond acceptors (Lipinski definition) is 4. The molecular weight excluding hydrogens is 371 g/mol. The summed E-state index contributed by atoms with van der Waals surface area (Å²) in [4.78, 5) is 15.0. The second kappa shape index (κ2) is 9.58. The van der Waals surface area contributed by atoms with E-state index in [1.165, 1.54) is 17.0 Å². The van der Waals surface area contributed by atoms with Gasteiger partial charge in [0.05, 0.1) is 11.6 Å². The molecule has 0 fully saturated rings. The fraction of sp³-hybridized carbons (Fsp3) is 0.350. The maximum absolute atomic E-state index is 13.5. The Morgan fingerprint density at radius 1 is 1.07 bits per heavy atom. The predicted molar refractivity (Wildman–Crippen MR) is 104 cm³/mol. The van der Waals surface area contributed by atoms with E-state index >= 15 is 0 Å². The van der Waals surface area contributed by atoms with Gasteiger partial charge in [0.1, 0.15) is 17.3 Å².